The van der Waals surface area contributed by atoms with Crippen LogP contribution < -0.4 is 9.80 Å². The van der Waals surface area contributed by atoms with Gasteiger partial charge in [0.2, 0.25) is 0 Å². The first kappa shape index (κ1) is 30.9. The van der Waals surface area contributed by atoms with Crippen molar-refractivity contribution in [2.24, 2.45) is 5.41 Å². The van der Waals surface area contributed by atoms with Crippen LogP contribution in [0.3, 0.4) is 0 Å². The highest BCUT2D eigenvalue weighted by atomic mass is 35.5. The Labute approximate surface area is 258 Å². The van der Waals surface area contributed by atoms with Gasteiger partial charge in [-0.15, -0.1) is 0 Å². The average molecular weight is 575 g/mol. The van der Waals surface area contributed by atoms with E-state index in [1.807, 2.05) is 30.3 Å². The Bertz CT molecular complexity index is 1510. The lowest BCUT2D eigenvalue weighted by atomic mass is 9.86. The van der Waals surface area contributed by atoms with E-state index in [1.165, 1.54) is 11.1 Å². The fraction of sp³-hybridized carbons (Fsp3) is 0.231. The summed E-state index contributed by atoms with van der Waals surface area (Å²) in [5.41, 5.74) is 8.76. The SMILES string of the molecule is C=C/C(=C\C=C(/C)N(c1ccc(C(C)(C)C)cc1)c1cc(Cl)cc(N(c2ccccc2)c2ccccc2)c1)C(C)(C)C. The number of rotatable bonds is 8. The lowest BCUT2D eigenvalue weighted by Gasteiger charge is -2.30. The third-order valence-corrected chi connectivity index (χ3v) is 7.56. The normalized spacial score (nSPS) is 12.7. The van der Waals surface area contributed by atoms with E-state index in [2.05, 4.69) is 156 Å². The van der Waals surface area contributed by atoms with Gasteiger partial charge in [-0.2, -0.15) is 0 Å². The fourth-order valence-electron chi connectivity index (χ4n) is 4.99. The van der Waals surface area contributed by atoms with Gasteiger partial charge in [0, 0.05) is 39.2 Å². The van der Waals surface area contributed by atoms with Gasteiger partial charge >= 0.3 is 0 Å². The van der Waals surface area contributed by atoms with Crippen LogP contribution in [-0.2, 0) is 5.41 Å². The number of hydrogen-bond donors (Lipinski definition) is 0. The van der Waals surface area contributed by atoms with E-state index in [4.69, 9.17) is 11.6 Å². The molecule has 0 heterocycles. The predicted octanol–water partition coefficient (Wildman–Crippen LogP) is 12.3. The zero-order chi connectivity index (χ0) is 30.5. The Morgan fingerprint density at radius 3 is 1.64 bits per heavy atom. The van der Waals surface area contributed by atoms with E-state index in [0.29, 0.717) is 5.02 Å². The van der Waals surface area contributed by atoms with Crippen LogP contribution in [0.1, 0.15) is 54.0 Å². The van der Waals surface area contributed by atoms with E-state index in [1.54, 1.807) is 0 Å². The van der Waals surface area contributed by atoms with Crippen LogP contribution in [0.5, 0.6) is 0 Å². The molecule has 0 bridgehead atoms. The first-order valence-electron chi connectivity index (χ1n) is 14.5. The third-order valence-electron chi connectivity index (χ3n) is 7.35. The zero-order valence-electron chi connectivity index (χ0n) is 26.0. The zero-order valence-corrected chi connectivity index (χ0v) is 26.8. The molecule has 0 saturated carbocycles. The number of para-hydroxylation sites is 2. The van der Waals surface area contributed by atoms with Crippen molar-refractivity contribution in [3.8, 4) is 0 Å². The maximum absolute atomic E-state index is 6.90. The van der Waals surface area contributed by atoms with Crippen LogP contribution in [0.15, 0.2) is 139 Å². The highest BCUT2D eigenvalue weighted by Crippen LogP contribution is 2.41. The topological polar surface area (TPSA) is 6.48 Å². The molecule has 4 aromatic carbocycles. The Hall–Kier alpha value is -4.01. The molecule has 4 rings (SSSR count). The maximum atomic E-state index is 6.90. The maximum Gasteiger partial charge on any atom is 0.0497 e. The van der Waals surface area contributed by atoms with Crippen LogP contribution in [0.2, 0.25) is 5.02 Å². The summed E-state index contributed by atoms with van der Waals surface area (Å²) >= 11 is 6.90. The summed E-state index contributed by atoms with van der Waals surface area (Å²) < 4.78 is 0. The van der Waals surface area contributed by atoms with E-state index in [-0.39, 0.29) is 10.8 Å². The smallest absolute Gasteiger partial charge is 0.0497 e. The minimum Gasteiger partial charge on any atom is -0.314 e. The van der Waals surface area contributed by atoms with Gasteiger partial charge in [0.25, 0.3) is 0 Å². The summed E-state index contributed by atoms with van der Waals surface area (Å²) in [5, 5.41) is 0.667. The molecule has 0 amide bonds. The molecule has 0 unspecified atom stereocenters. The number of benzene rings is 4. The molecule has 2 nitrogen and oxygen atoms in total. The van der Waals surface area contributed by atoms with Gasteiger partial charge in [-0.1, -0.05) is 120 Å². The van der Waals surface area contributed by atoms with Crippen LogP contribution in [0.4, 0.5) is 28.4 Å². The van der Waals surface area contributed by atoms with E-state index in [9.17, 15) is 0 Å². The van der Waals surface area contributed by atoms with Gasteiger partial charge in [0.05, 0.1) is 0 Å². The fourth-order valence-corrected chi connectivity index (χ4v) is 5.22. The standard InChI is InChI=1S/C39H43ClN2/c1-9-30(38(3,4)5)21-20-29(2)41(35-24-22-31(23-25-35)39(6,7)8)36-26-32(40)27-37(28-36)42(33-16-12-10-13-17-33)34-18-14-11-15-19-34/h9-28H,1H2,2-8H3/b29-20+,30-21+. The highest BCUT2D eigenvalue weighted by molar-refractivity contribution is 6.31. The molecule has 42 heavy (non-hydrogen) atoms. The van der Waals surface area contributed by atoms with Crippen molar-refractivity contribution in [2.75, 3.05) is 9.80 Å². The lowest BCUT2D eigenvalue weighted by Crippen LogP contribution is -2.17. The molecule has 0 aliphatic carbocycles. The molecule has 0 aromatic heterocycles. The van der Waals surface area contributed by atoms with Crippen molar-refractivity contribution in [3.05, 3.63) is 150 Å². The molecular weight excluding hydrogens is 532 g/mol. The summed E-state index contributed by atoms with van der Waals surface area (Å²) in [6.07, 6.45) is 6.29. The molecule has 0 aliphatic heterocycles. The summed E-state index contributed by atoms with van der Waals surface area (Å²) in [7, 11) is 0. The lowest BCUT2D eigenvalue weighted by molar-refractivity contribution is 0.517. The van der Waals surface area contributed by atoms with Gasteiger partial charge in [-0.05, 0) is 89.6 Å². The van der Waals surface area contributed by atoms with Crippen molar-refractivity contribution >= 4 is 40.0 Å². The number of anilines is 5. The van der Waals surface area contributed by atoms with Gasteiger partial charge in [0.1, 0.15) is 0 Å². The minimum atomic E-state index is -0.00713. The van der Waals surface area contributed by atoms with Crippen molar-refractivity contribution in [1.82, 2.24) is 0 Å². The number of hydrogen-bond acceptors (Lipinski definition) is 2. The van der Waals surface area contributed by atoms with Gasteiger partial charge in [-0.25, -0.2) is 0 Å². The van der Waals surface area contributed by atoms with E-state index in [0.717, 1.165) is 34.1 Å². The van der Waals surface area contributed by atoms with Crippen molar-refractivity contribution in [3.63, 3.8) is 0 Å². The van der Waals surface area contributed by atoms with E-state index >= 15 is 0 Å². The van der Waals surface area contributed by atoms with Crippen molar-refractivity contribution in [1.29, 1.82) is 0 Å². The first-order chi connectivity index (χ1) is 19.9. The number of halogens is 1. The molecular formula is C39H43ClN2. The average Bonchev–Trinajstić information content (AvgIpc) is 2.94. The monoisotopic (exact) mass is 574 g/mol. The molecule has 0 fully saturated rings. The van der Waals surface area contributed by atoms with Gasteiger partial charge in [-0.3, -0.25) is 0 Å². The second-order valence-electron chi connectivity index (χ2n) is 12.7. The molecule has 0 aliphatic rings. The Morgan fingerprint density at radius 1 is 0.643 bits per heavy atom. The molecule has 0 spiro atoms. The van der Waals surface area contributed by atoms with Crippen LogP contribution in [-0.4, -0.2) is 0 Å². The molecule has 0 N–H and O–H groups in total. The van der Waals surface area contributed by atoms with Crippen molar-refractivity contribution < 1.29 is 0 Å². The largest absolute Gasteiger partial charge is 0.314 e. The number of allylic oxidation sites excluding steroid dienone is 5. The van der Waals surface area contributed by atoms with Crippen molar-refractivity contribution in [2.45, 2.75) is 53.9 Å². The van der Waals surface area contributed by atoms with E-state index < -0.39 is 0 Å². The van der Waals surface area contributed by atoms with Crippen LogP contribution in [0, 0.1) is 5.41 Å². The molecule has 0 radical (unpaired) electrons. The highest BCUT2D eigenvalue weighted by Gasteiger charge is 2.20. The summed E-state index contributed by atoms with van der Waals surface area (Å²) in [4.78, 5) is 4.51. The molecule has 216 valence electrons. The molecule has 0 saturated heterocycles. The summed E-state index contributed by atoms with van der Waals surface area (Å²) in [6, 6.07) is 35.9. The Morgan fingerprint density at radius 2 is 1.17 bits per heavy atom. The predicted molar refractivity (Wildman–Crippen MR) is 185 cm³/mol. The minimum absolute atomic E-state index is 0.00713. The quantitative estimate of drug-likeness (QED) is 0.193. The second-order valence-corrected chi connectivity index (χ2v) is 13.1. The molecule has 4 aromatic rings. The summed E-state index contributed by atoms with van der Waals surface area (Å²) in [6.45, 7) is 19.5. The second kappa shape index (κ2) is 12.9. The Kier molecular flexibility index (Phi) is 9.49. The Balaban J connectivity index is 1.91. The number of nitrogens with zero attached hydrogens (tertiary/aromatic N) is 2. The van der Waals surface area contributed by atoms with Crippen LogP contribution >= 0.6 is 11.6 Å². The molecule has 0 atom stereocenters. The van der Waals surface area contributed by atoms with Gasteiger partial charge < -0.3 is 9.80 Å². The first-order valence-corrected chi connectivity index (χ1v) is 14.9. The van der Waals surface area contributed by atoms with Crippen LogP contribution in [0.25, 0.3) is 0 Å². The third kappa shape index (κ3) is 7.43. The molecule has 3 heteroatoms. The summed E-state index contributed by atoms with van der Waals surface area (Å²) in [5.74, 6) is 0. The van der Waals surface area contributed by atoms with Gasteiger partial charge in [0.15, 0.2) is 0 Å².